The van der Waals surface area contributed by atoms with Gasteiger partial charge in [0.25, 0.3) is 0 Å². The molecule has 0 N–H and O–H groups in total. The average molecular weight is 370 g/mol. The Morgan fingerprint density at radius 2 is 1.71 bits per heavy atom. The Balaban J connectivity index is 1.21. The van der Waals surface area contributed by atoms with Crippen molar-refractivity contribution >= 4 is 12.0 Å². The summed E-state index contributed by atoms with van der Waals surface area (Å²) in [5.41, 5.74) is 3.20. The molecule has 5 heteroatoms. The van der Waals surface area contributed by atoms with E-state index in [2.05, 4.69) is 22.3 Å². The van der Waals surface area contributed by atoms with Gasteiger partial charge in [0.15, 0.2) is 6.10 Å². The number of fused-ring (bicyclic) bond motifs is 1. The van der Waals surface area contributed by atoms with E-state index in [0.29, 0.717) is 18.1 Å². The predicted octanol–water partition coefficient (Wildman–Crippen LogP) is 5.30. The van der Waals surface area contributed by atoms with Gasteiger partial charge in [0.1, 0.15) is 17.2 Å². The molecule has 1 aromatic heterocycles. The van der Waals surface area contributed by atoms with E-state index in [9.17, 15) is 0 Å². The minimum absolute atomic E-state index is 0.164. The normalized spacial score (nSPS) is 17.0. The number of aromatic nitrogens is 1. The molecular formula is C23H18N2O3. The first-order valence-corrected chi connectivity index (χ1v) is 9.22. The van der Waals surface area contributed by atoms with Gasteiger partial charge in [-0.1, -0.05) is 47.6 Å². The molecule has 0 radical (unpaired) electrons. The lowest BCUT2D eigenvalue weighted by Gasteiger charge is -2.10. The third-order valence-corrected chi connectivity index (χ3v) is 4.70. The molecule has 5 rings (SSSR count). The van der Waals surface area contributed by atoms with Gasteiger partial charge in [0.2, 0.25) is 5.90 Å². The van der Waals surface area contributed by atoms with Crippen LogP contribution in [-0.4, -0.2) is 10.9 Å². The first-order valence-electron chi connectivity index (χ1n) is 9.22. The van der Waals surface area contributed by atoms with Gasteiger partial charge in [-0.05, 0) is 41.5 Å². The molecule has 2 aromatic carbocycles. The van der Waals surface area contributed by atoms with Crippen LogP contribution < -0.4 is 9.47 Å². The lowest BCUT2D eigenvalue weighted by Crippen LogP contribution is -2.08. The smallest absolute Gasteiger partial charge is 0.235 e. The lowest BCUT2D eigenvalue weighted by atomic mass is 10.1. The van der Waals surface area contributed by atoms with Crippen LogP contribution in [0.25, 0.3) is 6.08 Å². The van der Waals surface area contributed by atoms with Gasteiger partial charge in [0, 0.05) is 6.42 Å². The number of pyridine rings is 1. The molecule has 1 atom stereocenters. The highest BCUT2D eigenvalue weighted by atomic mass is 16.7. The summed E-state index contributed by atoms with van der Waals surface area (Å²) in [5, 5.41) is 4.09. The Morgan fingerprint density at radius 1 is 0.893 bits per heavy atom. The Hall–Kier alpha value is -3.60. The number of oxime groups is 1. The number of benzene rings is 2. The summed E-state index contributed by atoms with van der Waals surface area (Å²) in [6.07, 6.45) is 7.18. The molecule has 0 bridgehead atoms. The molecule has 3 aromatic rings. The highest BCUT2D eigenvalue weighted by Crippen LogP contribution is 2.31. The maximum absolute atomic E-state index is 5.86. The molecule has 2 heterocycles. The van der Waals surface area contributed by atoms with Crippen molar-refractivity contribution in [1.82, 2.24) is 4.98 Å². The molecular weight excluding hydrogens is 352 g/mol. The van der Waals surface area contributed by atoms with Crippen molar-refractivity contribution in [3.8, 4) is 17.2 Å². The topological polar surface area (TPSA) is 52.9 Å². The van der Waals surface area contributed by atoms with Crippen molar-refractivity contribution in [3.05, 3.63) is 89.8 Å². The van der Waals surface area contributed by atoms with Crippen LogP contribution in [0.5, 0.6) is 17.2 Å². The van der Waals surface area contributed by atoms with Crippen LogP contribution in [0.1, 0.15) is 29.3 Å². The molecule has 1 aliphatic heterocycles. The molecule has 2 aliphatic rings. The van der Waals surface area contributed by atoms with Crippen molar-refractivity contribution in [2.75, 3.05) is 0 Å². The Labute approximate surface area is 162 Å². The van der Waals surface area contributed by atoms with E-state index in [1.54, 1.807) is 6.20 Å². The minimum Gasteiger partial charge on any atom is -0.457 e. The SMILES string of the molecule is C1=Cc2cc(OC3=NO[C@H](c4ccc(Oc5ccccc5)cc4)C3)cnc2C1. The fourth-order valence-electron chi connectivity index (χ4n) is 3.26. The van der Waals surface area contributed by atoms with Crippen molar-refractivity contribution < 1.29 is 14.3 Å². The maximum Gasteiger partial charge on any atom is 0.235 e. The summed E-state index contributed by atoms with van der Waals surface area (Å²) in [6, 6.07) is 19.5. The molecule has 0 saturated carbocycles. The first-order chi connectivity index (χ1) is 13.8. The fraction of sp³-hybridized carbons (Fsp3) is 0.130. The van der Waals surface area contributed by atoms with E-state index in [1.165, 1.54) is 0 Å². The van der Waals surface area contributed by atoms with E-state index in [-0.39, 0.29) is 6.10 Å². The van der Waals surface area contributed by atoms with Gasteiger partial charge < -0.3 is 14.3 Å². The molecule has 0 unspecified atom stereocenters. The summed E-state index contributed by atoms with van der Waals surface area (Å²) in [7, 11) is 0. The zero-order chi connectivity index (χ0) is 18.8. The zero-order valence-corrected chi connectivity index (χ0v) is 15.1. The fourth-order valence-corrected chi connectivity index (χ4v) is 3.26. The van der Waals surface area contributed by atoms with Crippen LogP contribution >= 0.6 is 0 Å². The van der Waals surface area contributed by atoms with Gasteiger partial charge >= 0.3 is 0 Å². The number of ether oxygens (including phenoxy) is 2. The van der Waals surface area contributed by atoms with Crippen molar-refractivity contribution in [3.63, 3.8) is 0 Å². The Kier molecular flexibility index (Phi) is 4.26. The molecule has 28 heavy (non-hydrogen) atoms. The first kappa shape index (κ1) is 16.6. The monoisotopic (exact) mass is 370 g/mol. The third-order valence-electron chi connectivity index (χ3n) is 4.70. The maximum atomic E-state index is 5.86. The van der Waals surface area contributed by atoms with Crippen LogP contribution in [0.2, 0.25) is 0 Å². The van der Waals surface area contributed by atoms with Gasteiger partial charge in [-0.25, -0.2) is 0 Å². The minimum atomic E-state index is -0.164. The molecule has 1 aliphatic carbocycles. The van der Waals surface area contributed by atoms with Gasteiger partial charge in [-0.2, -0.15) is 0 Å². The summed E-state index contributed by atoms with van der Waals surface area (Å²) in [5.74, 6) is 2.82. The molecule has 0 saturated heterocycles. The van der Waals surface area contributed by atoms with E-state index in [0.717, 1.165) is 34.7 Å². The summed E-state index contributed by atoms with van der Waals surface area (Å²) in [6.45, 7) is 0. The van der Waals surface area contributed by atoms with Crippen molar-refractivity contribution in [1.29, 1.82) is 0 Å². The van der Waals surface area contributed by atoms with Crippen LogP contribution in [0.4, 0.5) is 0 Å². The zero-order valence-electron chi connectivity index (χ0n) is 15.1. The summed E-state index contributed by atoms with van der Waals surface area (Å²) in [4.78, 5) is 9.99. The van der Waals surface area contributed by atoms with Crippen LogP contribution in [0, 0.1) is 0 Å². The third kappa shape index (κ3) is 3.47. The van der Waals surface area contributed by atoms with E-state index in [4.69, 9.17) is 14.3 Å². The van der Waals surface area contributed by atoms with Gasteiger partial charge in [-0.3, -0.25) is 4.98 Å². The molecule has 0 spiro atoms. The molecule has 0 amide bonds. The quantitative estimate of drug-likeness (QED) is 0.626. The van der Waals surface area contributed by atoms with E-state index < -0.39 is 0 Å². The number of rotatable bonds is 4. The largest absolute Gasteiger partial charge is 0.457 e. The standard InChI is InChI=1S/C23H18N2O3/c1-2-6-18(7-3-1)26-19-11-9-16(10-12-19)22-14-23(25-28-22)27-20-13-17-5-4-8-21(17)24-15-20/h1-7,9-13,15,22H,8,14H2/t22-/m0/s1. The Morgan fingerprint density at radius 3 is 2.57 bits per heavy atom. The summed E-state index contributed by atoms with van der Waals surface area (Å²) >= 11 is 0. The molecule has 0 fully saturated rings. The second-order valence-corrected chi connectivity index (χ2v) is 6.68. The number of hydrogen-bond acceptors (Lipinski definition) is 5. The molecule has 138 valence electrons. The Bertz CT molecular complexity index is 1040. The number of allylic oxidation sites excluding steroid dienone is 1. The number of nitrogens with zero attached hydrogens (tertiary/aromatic N) is 2. The van der Waals surface area contributed by atoms with Crippen LogP contribution in [0.15, 0.2) is 78.1 Å². The number of para-hydroxylation sites is 1. The molecule has 5 nitrogen and oxygen atoms in total. The van der Waals surface area contributed by atoms with E-state index in [1.807, 2.05) is 60.7 Å². The highest BCUT2D eigenvalue weighted by molar-refractivity contribution is 5.80. The van der Waals surface area contributed by atoms with Crippen molar-refractivity contribution in [2.24, 2.45) is 5.16 Å². The second kappa shape index (κ2) is 7.19. The van der Waals surface area contributed by atoms with Gasteiger partial charge in [-0.15, -0.1) is 0 Å². The lowest BCUT2D eigenvalue weighted by molar-refractivity contribution is 0.0855. The summed E-state index contributed by atoms with van der Waals surface area (Å²) < 4.78 is 11.7. The van der Waals surface area contributed by atoms with Gasteiger partial charge in [0.05, 0.1) is 18.3 Å². The van der Waals surface area contributed by atoms with Crippen LogP contribution in [-0.2, 0) is 11.3 Å². The predicted molar refractivity (Wildman–Crippen MR) is 106 cm³/mol. The average Bonchev–Trinajstić information content (AvgIpc) is 3.39. The van der Waals surface area contributed by atoms with Crippen molar-refractivity contribution in [2.45, 2.75) is 18.9 Å². The van der Waals surface area contributed by atoms with Crippen LogP contribution in [0.3, 0.4) is 0 Å². The second-order valence-electron chi connectivity index (χ2n) is 6.68. The van der Waals surface area contributed by atoms with E-state index >= 15 is 0 Å². The highest BCUT2D eigenvalue weighted by Gasteiger charge is 2.25. The number of hydrogen-bond donors (Lipinski definition) is 0.